The Labute approximate surface area is 136 Å². The topological polar surface area (TPSA) is 64.1 Å². The zero-order valence-electron chi connectivity index (χ0n) is 14.0. The standard InChI is InChI=1S/C15H26N2O3SSi/c1-15(2,3)22(4,5)20-10-11-6-7-13(21-11)17-9-8-12(18)16-14(17)19/h8-9,11,13H,6-7,10H2,1-5H3,(H,16,18,19)/t11-,13+/m0/s1. The summed E-state index contributed by atoms with van der Waals surface area (Å²) in [5.41, 5.74) is -0.668. The van der Waals surface area contributed by atoms with Crippen LogP contribution in [0.1, 0.15) is 39.0 Å². The zero-order chi connectivity index (χ0) is 16.5. The van der Waals surface area contributed by atoms with Crippen molar-refractivity contribution in [2.45, 2.75) is 62.4 Å². The van der Waals surface area contributed by atoms with Crippen molar-refractivity contribution in [3.8, 4) is 0 Å². The Hall–Kier alpha value is -0.793. The first kappa shape index (κ1) is 17.6. The monoisotopic (exact) mass is 342 g/mol. The molecule has 0 radical (unpaired) electrons. The van der Waals surface area contributed by atoms with Gasteiger partial charge in [0.15, 0.2) is 8.32 Å². The Balaban J connectivity index is 1.96. The van der Waals surface area contributed by atoms with E-state index in [9.17, 15) is 9.59 Å². The molecule has 2 atom stereocenters. The molecule has 1 aliphatic heterocycles. The van der Waals surface area contributed by atoms with Gasteiger partial charge in [0, 0.05) is 24.1 Å². The van der Waals surface area contributed by atoms with Crippen molar-refractivity contribution in [1.29, 1.82) is 0 Å². The molecule has 0 amide bonds. The number of H-pyrrole nitrogens is 1. The maximum Gasteiger partial charge on any atom is 0.329 e. The van der Waals surface area contributed by atoms with Gasteiger partial charge in [-0.15, -0.1) is 11.8 Å². The second-order valence-electron chi connectivity index (χ2n) is 7.38. The fourth-order valence-corrected chi connectivity index (χ4v) is 4.79. The second-order valence-corrected chi connectivity index (χ2v) is 13.7. The fraction of sp³-hybridized carbons (Fsp3) is 0.733. The molecule has 0 saturated carbocycles. The third kappa shape index (κ3) is 3.94. The number of nitrogens with one attached hydrogen (secondary N) is 1. The van der Waals surface area contributed by atoms with E-state index in [1.165, 1.54) is 6.07 Å². The first-order valence-electron chi connectivity index (χ1n) is 7.71. The van der Waals surface area contributed by atoms with Crippen LogP contribution >= 0.6 is 11.8 Å². The molecule has 0 aromatic carbocycles. The van der Waals surface area contributed by atoms with Gasteiger partial charge in [-0.3, -0.25) is 14.3 Å². The van der Waals surface area contributed by atoms with Gasteiger partial charge < -0.3 is 4.43 Å². The summed E-state index contributed by atoms with van der Waals surface area (Å²) in [6.07, 6.45) is 3.56. The summed E-state index contributed by atoms with van der Waals surface area (Å²) < 4.78 is 7.91. The minimum Gasteiger partial charge on any atom is -0.416 e. The molecular formula is C15H26N2O3SSi. The van der Waals surface area contributed by atoms with Gasteiger partial charge in [0.25, 0.3) is 5.56 Å². The summed E-state index contributed by atoms with van der Waals surface area (Å²) in [6, 6.07) is 1.40. The smallest absolute Gasteiger partial charge is 0.329 e. The molecule has 2 rings (SSSR count). The average molecular weight is 343 g/mol. The number of rotatable bonds is 4. The van der Waals surface area contributed by atoms with E-state index in [0.717, 1.165) is 19.4 Å². The van der Waals surface area contributed by atoms with E-state index in [1.807, 2.05) is 0 Å². The van der Waals surface area contributed by atoms with Crippen molar-refractivity contribution in [3.63, 3.8) is 0 Å². The van der Waals surface area contributed by atoms with Crippen LogP contribution in [0.15, 0.2) is 21.9 Å². The highest BCUT2D eigenvalue weighted by Gasteiger charge is 2.38. The van der Waals surface area contributed by atoms with Crippen molar-refractivity contribution < 1.29 is 4.43 Å². The molecule has 1 saturated heterocycles. The molecule has 7 heteroatoms. The molecule has 0 aliphatic carbocycles. The number of hydrogen-bond donors (Lipinski definition) is 1. The van der Waals surface area contributed by atoms with Crippen molar-refractivity contribution in [2.24, 2.45) is 0 Å². The maximum absolute atomic E-state index is 11.9. The highest BCUT2D eigenvalue weighted by Crippen LogP contribution is 2.42. The van der Waals surface area contributed by atoms with Crippen molar-refractivity contribution in [2.75, 3.05) is 6.61 Å². The Morgan fingerprint density at radius 1 is 1.36 bits per heavy atom. The Kier molecular flexibility index (Phi) is 5.08. The van der Waals surface area contributed by atoms with Gasteiger partial charge in [-0.1, -0.05) is 20.8 Å². The Bertz CT molecular complexity index is 633. The van der Waals surface area contributed by atoms with E-state index in [-0.39, 0.29) is 21.7 Å². The first-order chi connectivity index (χ1) is 10.1. The average Bonchev–Trinajstić information content (AvgIpc) is 2.83. The van der Waals surface area contributed by atoms with Gasteiger partial charge in [-0.05, 0) is 31.0 Å². The van der Waals surface area contributed by atoms with Gasteiger partial charge in [0.05, 0.1) is 5.37 Å². The lowest BCUT2D eigenvalue weighted by molar-refractivity contribution is 0.286. The molecule has 124 valence electrons. The molecule has 2 heterocycles. The number of aromatic nitrogens is 2. The lowest BCUT2D eigenvalue weighted by atomic mass is 10.2. The van der Waals surface area contributed by atoms with Crippen LogP contribution < -0.4 is 11.2 Å². The third-order valence-corrected chi connectivity index (χ3v) is 10.7. The van der Waals surface area contributed by atoms with Crippen LogP contribution in [-0.2, 0) is 4.43 Å². The van der Waals surface area contributed by atoms with E-state index in [1.54, 1.807) is 22.5 Å². The first-order valence-corrected chi connectivity index (χ1v) is 11.6. The lowest BCUT2D eigenvalue weighted by Crippen LogP contribution is -2.42. The van der Waals surface area contributed by atoms with Crippen LogP contribution in [0.25, 0.3) is 0 Å². The number of aromatic amines is 1. The minimum absolute atomic E-state index is 0.0948. The van der Waals surface area contributed by atoms with Crippen LogP contribution in [-0.4, -0.2) is 29.7 Å². The highest BCUT2D eigenvalue weighted by molar-refractivity contribution is 8.00. The number of hydrogen-bond acceptors (Lipinski definition) is 4. The van der Waals surface area contributed by atoms with E-state index in [4.69, 9.17) is 4.43 Å². The molecule has 1 fully saturated rings. The molecule has 1 aromatic heterocycles. The molecule has 22 heavy (non-hydrogen) atoms. The molecule has 5 nitrogen and oxygen atoms in total. The predicted octanol–water partition coefficient (Wildman–Crippen LogP) is 2.95. The van der Waals surface area contributed by atoms with Gasteiger partial charge >= 0.3 is 5.69 Å². The van der Waals surface area contributed by atoms with Crippen LogP contribution in [0.4, 0.5) is 0 Å². The summed E-state index contributed by atoms with van der Waals surface area (Å²) in [5.74, 6) is 0. The van der Waals surface area contributed by atoms with Gasteiger partial charge in [-0.2, -0.15) is 0 Å². The molecular weight excluding hydrogens is 316 g/mol. The molecule has 0 spiro atoms. The SMILES string of the molecule is CC(C)(C)[Si](C)(C)OC[C@@H]1CC[C@H](n2ccc(=O)[nH]c2=O)S1. The Morgan fingerprint density at radius 2 is 2.05 bits per heavy atom. The molecule has 1 N–H and O–H groups in total. The predicted molar refractivity (Wildman–Crippen MR) is 94.1 cm³/mol. The van der Waals surface area contributed by atoms with E-state index in [0.29, 0.717) is 5.25 Å². The lowest BCUT2D eigenvalue weighted by Gasteiger charge is -2.36. The summed E-state index contributed by atoms with van der Waals surface area (Å²) in [6.45, 7) is 12.0. The molecule has 0 bridgehead atoms. The normalized spacial score (nSPS) is 23.0. The second kappa shape index (κ2) is 6.37. The summed E-state index contributed by atoms with van der Waals surface area (Å²) >= 11 is 1.77. The fourth-order valence-electron chi connectivity index (χ4n) is 2.19. The molecule has 1 aliphatic rings. The van der Waals surface area contributed by atoms with E-state index >= 15 is 0 Å². The third-order valence-electron chi connectivity index (χ3n) is 4.68. The van der Waals surface area contributed by atoms with Crippen LogP contribution in [0.3, 0.4) is 0 Å². The van der Waals surface area contributed by atoms with Crippen molar-refractivity contribution in [1.82, 2.24) is 9.55 Å². The van der Waals surface area contributed by atoms with Gasteiger partial charge in [0.2, 0.25) is 0 Å². The van der Waals surface area contributed by atoms with Crippen molar-refractivity contribution in [3.05, 3.63) is 33.1 Å². The van der Waals surface area contributed by atoms with E-state index < -0.39 is 8.32 Å². The molecule has 0 unspecified atom stereocenters. The number of nitrogens with zero attached hydrogens (tertiary/aromatic N) is 1. The van der Waals surface area contributed by atoms with Crippen molar-refractivity contribution >= 4 is 20.1 Å². The Morgan fingerprint density at radius 3 is 2.64 bits per heavy atom. The van der Waals surface area contributed by atoms with E-state index in [2.05, 4.69) is 38.8 Å². The van der Waals surface area contributed by atoms with Crippen LogP contribution in [0.2, 0.25) is 18.1 Å². The molecule has 1 aromatic rings. The zero-order valence-corrected chi connectivity index (χ0v) is 15.8. The quantitative estimate of drug-likeness (QED) is 0.855. The maximum atomic E-state index is 11.9. The largest absolute Gasteiger partial charge is 0.416 e. The summed E-state index contributed by atoms with van der Waals surface area (Å²) in [7, 11) is -1.72. The van der Waals surface area contributed by atoms with Crippen LogP contribution in [0, 0.1) is 0 Å². The van der Waals surface area contributed by atoms with Gasteiger partial charge in [-0.25, -0.2) is 4.79 Å². The summed E-state index contributed by atoms with van der Waals surface area (Å²) in [5, 5.41) is 0.723. The highest BCUT2D eigenvalue weighted by atomic mass is 32.2. The number of thioether (sulfide) groups is 1. The summed E-state index contributed by atoms with van der Waals surface area (Å²) in [4.78, 5) is 25.3. The van der Waals surface area contributed by atoms with Gasteiger partial charge in [0.1, 0.15) is 0 Å². The van der Waals surface area contributed by atoms with Crippen LogP contribution in [0.5, 0.6) is 0 Å². The minimum atomic E-state index is -1.72.